The first-order valence-electron chi connectivity index (χ1n) is 9.05. The Bertz CT molecular complexity index is 764. The summed E-state index contributed by atoms with van der Waals surface area (Å²) >= 11 is 0. The zero-order valence-electron chi connectivity index (χ0n) is 15.1. The zero-order valence-corrected chi connectivity index (χ0v) is 15.1. The summed E-state index contributed by atoms with van der Waals surface area (Å²) < 4.78 is 27.0. The molecule has 4 rings (SSSR count). The summed E-state index contributed by atoms with van der Waals surface area (Å²) in [5.41, 5.74) is 1.90. The molecule has 0 amide bonds. The standard InChI is InChI=1S/C20H22F2N4O/c1-14-24-13-26(27-14)19-12-23-10-11-25(19)20(15-2-6-17(21)7-3-15)16-4-8-18(22)9-5-16/h2-9,19-20,23H,10-13H2,1H3. The van der Waals surface area contributed by atoms with Crippen molar-refractivity contribution in [3.05, 3.63) is 71.3 Å². The molecule has 0 spiro atoms. The van der Waals surface area contributed by atoms with E-state index < -0.39 is 0 Å². The lowest BCUT2D eigenvalue weighted by molar-refractivity contribution is -0.152. The van der Waals surface area contributed by atoms with E-state index in [1.165, 1.54) is 24.3 Å². The normalized spacial score (nSPS) is 21.3. The number of benzene rings is 2. The molecule has 7 heteroatoms. The highest BCUT2D eigenvalue weighted by Gasteiger charge is 2.37. The second kappa shape index (κ2) is 7.72. The number of nitrogens with zero attached hydrogens (tertiary/aromatic N) is 3. The Hall–Kier alpha value is -2.35. The van der Waals surface area contributed by atoms with Crippen molar-refractivity contribution >= 4 is 5.90 Å². The van der Waals surface area contributed by atoms with Gasteiger partial charge in [0.15, 0.2) is 0 Å². The van der Waals surface area contributed by atoms with Crippen LogP contribution in [0.3, 0.4) is 0 Å². The fourth-order valence-electron chi connectivity index (χ4n) is 3.69. The van der Waals surface area contributed by atoms with Crippen LogP contribution < -0.4 is 5.32 Å². The highest BCUT2D eigenvalue weighted by molar-refractivity contribution is 5.73. The quantitative estimate of drug-likeness (QED) is 0.896. The molecular weight excluding hydrogens is 350 g/mol. The van der Waals surface area contributed by atoms with Crippen LogP contribution in [0.2, 0.25) is 0 Å². The smallest absolute Gasteiger partial charge is 0.208 e. The van der Waals surface area contributed by atoms with E-state index in [2.05, 4.69) is 15.2 Å². The third kappa shape index (κ3) is 3.85. The molecule has 1 fully saturated rings. The Morgan fingerprint density at radius 2 is 1.63 bits per heavy atom. The van der Waals surface area contributed by atoms with Gasteiger partial charge >= 0.3 is 0 Å². The van der Waals surface area contributed by atoms with Crippen LogP contribution in [-0.2, 0) is 4.84 Å². The van der Waals surface area contributed by atoms with Crippen molar-refractivity contribution < 1.29 is 13.6 Å². The Labute approximate surface area is 157 Å². The lowest BCUT2D eigenvalue weighted by Crippen LogP contribution is -2.59. The second-order valence-electron chi connectivity index (χ2n) is 6.76. The number of nitrogens with one attached hydrogen (secondary N) is 1. The molecule has 0 aromatic heterocycles. The first-order valence-corrected chi connectivity index (χ1v) is 9.05. The van der Waals surface area contributed by atoms with Gasteiger partial charge in [0.25, 0.3) is 0 Å². The topological polar surface area (TPSA) is 40.1 Å². The number of aliphatic imine (C=N–C) groups is 1. The van der Waals surface area contributed by atoms with Gasteiger partial charge in [-0.3, -0.25) is 4.90 Å². The predicted molar refractivity (Wildman–Crippen MR) is 98.9 cm³/mol. The van der Waals surface area contributed by atoms with Gasteiger partial charge in [-0.2, -0.15) is 0 Å². The summed E-state index contributed by atoms with van der Waals surface area (Å²) in [5, 5.41) is 5.25. The van der Waals surface area contributed by atoms with Gasteiger partial charge in [-0.1, -0.05) is 24.3 Å². The SMILES string of the molecule is CC1=NCN(C2CNCCN2C(c2ccc(F)cc2)c2ccc(F)cc2)O1. The van der Waals surface area contributed by atoms with E-state index in [4.69, 9.17) is 4.84 Å². The van der Waals surface area contributed by atoms with Gasteiger partial charge in [-0.25, -0.2) is 13.8 Å². The van der Waals surface area contributed by atoms with Crippen LogP contribution in [0.5, 0.6) is 0 Å². The zero-order chi connectivity index (χ0) is 18.8. The lowest BCUT2D eigenvalue weighted by atomic mass is 9.95. The van der Waals surface area contributed by atoms with E-state index >= 15 is 0 Å². The van der Waals surface area contributed by atoms with Crippen molar-refractivity contribution in [1.82, 2.24) is 15.3 Å². The molecule has 2 heterocycles. The largest absolute Gasteiger partial charge is 0.388 e. The van der Waals surface area contributed by atoms with E-state index in [0.717, 1.165) is 24.2 Å². The molecule has 1 unspecified atom stereocenters. The van der Waals surface area contributed by atoms with Crippen LogP contribution in [0.25, 0.3) is 0 Å². The molecule has 1 atom stereocenters. The molecule has 2 aromatic carbocycles. The van der Waals surface area contributed by atoms with Crippen molar-refractivity contribution in [3.63, 3.8) is 0 Å². The summed E-state index contributed by atoms with van der Waals surface area (Å²) in [6, 6.07) is 12.8. The maximum Gasteiger partial charge on any atom is 0.208 e. The number of hydroxylamine groups is 2. The van der Waals surface area contributed by atoms with Crippen molar-refractivity contribution in [2.75, 3.05) is 26.3 Å². The van der Waals surface area contributed by atoms with E-state index in [0.29, 0.717) is 19.1 Å². The summed E-state index contributed by atoms with van der Waals surface area (Å²) in [6.45, 7) is 4.60. The maximum atomic E-state index is 13.5. The number of halogens is 2. The molecule has 1 N–H and O–H groups in total. The number of rotatable bonds is 4. The number of hydrogen-bond donors (Lipinski definition) is 1. The molecule has 2 aliphatic heterocycles. The van der Waals surface area contributed by atoms with Crippen LogP contribution in [0.1, 0.15) is 24.1 Å². The van der Waals surface area contributed by atoms with Crippen LogP contribution >= 0.6 is 0 Å². The van der Waals surface area contributed by atoms with Gasteiger partial charge < -0.3 is 10.2 Å². The molecule has 2 aromatic rings. The Balaban J connectivity index is 1.71. The molecule has 27 heavy (non-hydrogen) atoms. The summed E-state index contributed by atoms with van der Waals surface area (Å²) in [4.78, 5) is 12.4. The first-order chi connectivity index (χ1) is 13.1. The van der Waals surface area contributed by atoms with Crippen LogP contribution in [0.15, 0.2) is 53.5 Å². The van der Waals surface area contributed by atoms with E-state index in [-0.39, 0.29) is 23.8 Å². The van der Waals surface area contributed by atoms with Crippen LogP contribution in [-0.4, -0.2) is 48.3 Å². The number of piperazine rings is 1. The minimum absolute atomic E-state index is 0.0555. The van der Waals surface area contributed by atoms with Crippen molar-refractivity contribution in [1.29, 1.82) is 0 Å². The third-order valence-electron chi connectivity index (χ3n) is 4.97. The fourth-order valence-corrected chi connectivity index (χ4v) is 3.69. The monoisotopic (exact) mass is 372 g/mol. The lowest BCUT2D eigenvalue weighted by Gasteiger charge is -2.44. The molecule has 142 valence electrons. The molecule has 5 nitrogen and oxygen atoms in total. The minimum atomic E-state index is -0.277. The molecular formula is C20H22F2N4O. The Morgan fingerprint density at radius 1 is 1.04 bits per heavy atom. The van der Waals surface area contributed by atoms with Crippen LogP contribution in [0, 0.1) is 11.6 Å². The second-order valence-corrected chi connectivity index (χ2v) is 6.76. The molecule has 0 bridgehead atoms. The molecule has 1 saturated heterocycles. The van der Waals surface area contributed by atoms with Gasteiger partial charge in [0, 0.05) is 26.6 Å². The fraction of sp³-hybridized carbons (Fsp3) is 0.350. The van der Waals surface area contributed by atoms with Gasteiger partial charge in [0.05, 0.1) is 6.04 Å². The number of hydrogen-bond acceptors (Lipinski definition) is 5. The summed E-state index contributed by atoms with van der Waals surface area (Å²) in [5.74, 6) is 0.0846. The predicted octanol–water partition coefficient (Wildman–Crippen LogP) is 2.91. The van der Waals surface area contributed by atoms with Crippen molar-refractivity contribution in [2.24, 2.45) is 4.99 Å². The van der Waals surface area contributed by atoms with E-state index in [1.807, 2.05) is 12.0 Å². The summed E-state index contributed by atoms with van der Waals surface area (Å²) in [7, 11) is 0. The van der Waals surface area contributed by atoms with Gasteiger partial charge in [0.1, 0.15) is 24.5 Å². The maximum absolute atomic E-state index is 13.5. The Morgan fingerprint density at radius 3 is 2.15 bits per heavy atom. The third-order valence-corrected chi connectivity index (χ3v) is 4.97. The van der Waals surface area contributed by atoms with E-state index in [1.54, 1.807) is 24.3 Å². The van der Waals surface area contributed by atoms with Crippen molar-refractivity contribution in [3.8, 4) is 0 Å². The highest BCUT2D eigenvalue weighted by Crippen LogP contribution is 2.32. The molecule has 0 radical (unpaired) electrons. The average molecular weight is 372 g/mol. The van der Waals surface area contributed by atoms with E-state index in [9.17, 15) is 8.78 Å². The average Bonchev–Trinajstić information content (AvgIpc) is 3.12. The molecule has 0 aliphatic carbocycles. The van der Waals surface area contributed by atoms with Crippen LogP contribution in [0.4, 0.5) is 8.78 Å². The first kappa shape index (κ1) is 18.0. The molecule has 0 saturated carbocycles. The Kier molecular flexibility index (Phi) is 5.15. The minimum Gasteiger partial charge on any atom is -0.388 e. The summed E-state index contributed by atoms with van der Waals surface area (Å²) in [6.07, 6.45) is -0.0555. The highest BCUT2D eigenvalue weighted by atomic mass is 19.1. The van der Waals surface area contributed by atoms with Gasteiger partial charge in [0.2, 0.25) is 5.90 Å². The van der Waals surface area contributed by atoms with Gasteiger partial charge in [-0.15, -0.1) is 5.06 Å². The molecule has 2 aliphatic rings. The van der Waals surface area contributed by atoms with Gasteiger partial charge in [-0.05, 0) is 35.4 Å². The van der Waals surface area contributed by atoms with Crippen molar-refractivity contribution in [2.45, 2.75) is 19.1 Å².